The molecule has 0 unspecified atom stereocenters. The highest BCUT2D eigenvalue weighted by molar-refractivity contribution is 7.17. The van der Waals surface area contributed by atoms with Crippen LogP contribution < -0.4 is 15.6 Å². The van der Waals surface area contributed by atoms with E-state index >= 15 is 0 Å². The lowest BCUT2D eigenvalue weighted by atomic mass is 10.1. The van der Waals surface area contributed by atoms with Gasteiger partial charge in [0, 0.05) is 16.6 Å². The maximum Gasteiger partial charge on any atom is 0.271 e. The van der Waals surface area contributed by atoms with Crippen LogP contribution in [0.1, 0.15) is 12.5 Å². The Kier molecular flexibility index (Phi) is 5.63. The van der Waals surface area contributed by atoms with Crippen molar-refractivity contribution in [3.8, 4) is 16.9 Å². The molecule has 2 heterocycles. The number of carbonyl (C=O) groups is 1. The maximum atomic E-state index is 12.9. The zero-order chi connectivity index (χ0) is 21.1. The van der Waals surface area contributed by atoms with Crippen molar-refractivity contribution >= 4 is 33.1 Å². The Hall–Kier alpha value is -3.45. The molecular weight excluding hydrogens is 398 g/mol. The zero-order valence-electron chi connectivity index (χ0n) is 16.7. The standard InChI is InChI=1S/C23H21N3O3S/c1-3-15-6-4-5-7-19(15)25-20(27)12-26-14-24-21-18(13-30-22(21)23(26)28)16-8-10-17(29-2)11-9-16/h4-11,13-14H,3,12H2,1-2H3,(H,25,27). The Morgan fingerprint density at radius 1 is 1.17 bits per heavy atom. The summed E-state index contributed by atoms with van der Waals surface area (Å²) in [5, 5.41) is 4.81. The van der Waals surface area contributed by atoms with E-state index in [-0.39, 0.29) is 18.0 Å². The number of ether oxygens (including phenoxy) is 1. The predicted octanol–water partition coefficient (Wildman–Crippen LogP) is 4.33. The number of aryl methyl sites for hydroxylation is 1. The lowest BCUT2D eigenvalue weighted by Crippen LogP contribution is -2.27. The van der Waals surface area contributed by atoms with Crippen LogP contribution in [-0.4, -0.2) is 22.6 Å². The van der Waals surface area contributed by atoms with Crippen molar-refractivity contribution in [2.75, 3.05) is 12.4 Å². The average molecular weight is 420 g/mol. The number of hydrogen-bond donors (Lipinski definition) is 1. The molecule has 0 bridgehead atoms. The number of rotatable bonds is 6. The van der Waals surface area contributed by atoms with Crippen LogP contribution in [0.25, 0.3) is 21.3 Å². The fraction of sp³-hybridized carbons (Fsp3) is 0.174. The van der Waals surface area contributed by atoms with Crippen molar-refractivity contribution in [2.24, 2.45) is 0 Å². The molecule has 0 aliphatic heterocycles. The molecule has 152 valence electrons. The fourth-order valence-corrected chi connectivity index (χ4v) is 4.30. The number of para-hydroxylation sites is 1. The number of nitrogens with one attached hydrogen (secondary N) is 1. The van der Waals surface area contributed by atoms with Crippen molar-refractivity contribution in [3.05, 3.63) is 76.2 Å². The van der Waals surface area contributed by atoms with Crippen LogP contribution in [0.3, 0.4) is 0 Å². The number of hydrogen-bond acceptors (Lipinski definition) is 5. The molecule has 4 aromatic rings. The maximum absolute atomic E-state index is 12.9. The molecule has 7 heteroatoms. The molecular formula is C23H21N3O3S. The summed E-state index contributed by atoms with van der Waals surface area (Å²) in [5.74, 6) is 0.510. The van der Waals surface area contributed by atoms with Gasteiger partial charge in [0.15, 0.2) is 0 Å². The lowest BCUT2D eigenvalue weighted by molar-refractivity contribution is -0.116. The van der Waals surface area contributed by atoms with E-state index in [4.69, 9.17) is 4.74 Å². The molecule has 0 atom stereocenters. The van der Waals surface area contributed by atoms with E-state index in [0.717, 1.165) is 34.5 Å². The minimum absolute atomic E-state index is 0.0877. The summed E-state index contributed by atoms with van der Waals surface area (Å²) in [4.78, 5) is 29.9. The van der Waals surface area contributed by atoms with Gasteiger partial charge in [-0.2, -0.15) is 0 Å². The molecule has 6 nitrogen and oxygen atoms in total. The second-order valence-electron chi connectivity index (χ2n) is 6.79. The van der Waals surface area contributed by atoms with Gasteiger partial charge in [-0.15, -0.1) is 11.3 Å². The summed E-state index contributed by atoms with van der Waals surface area (Å²) in [6, 6.07) is 15.3. The van der Waals surface area contributed by atoms with Gasteiger partial charge in [0.25, 0.3) is 5.56 Å². The zero-order valence-corrected chi connectivity index (χ0v) is 17.5. The molecule has 0 radical (unpaired) electrons. The van der Waals surface area contributed by atoms with Gasteiger partial charge in [-0.3, -0.25) is 14.2 Å². The van der Waals surface area contributed by atoms with E-state index < -0.39 is 0 Å². The second kappa shape index (κ2) is 8.51. The van der Waals surface area contributed by atoms with Crippen LogP contribution in [0.2, 0.25) is 0 Å². The Bertz CT molecular complexity index is 1260. The van der Waals surface area contributed by atoms with Gasteiger partial charge in [0.2, 0.25) is 5.91 Å². The van der Waals surface area contributed by atoms with Gasteiger partial charge in [-0.1, -0.05) is 37.3 Å². The Balaban J connectivity index is 1.59. The second-order valence-corrected chi connectivity index (χ2v) is 7.67. The minimum Gasteiger partial charge on any atom is -0.497 e. The first-order valence-corrected chi connectivity index (χ1v) is 10.5. The van der Waals surface area contributed by atoms with Crippen molar-refractivity contribution in [1.82, 2.24) is 9.55 Å². The normalized spacial score (nSPS) is 10.9. The smallest absolute Gasteiger partial charge is 0.271 e. The molecule has 2 aromatic carbocycles. The molecule has 4 rings (SSSR count). The molecule has 0 fully saturated rings. The number of fused-ring (bicyclic) bond motifs is 1. The van der Waals surface area contributed by atoms with Gasteiger partial charge in [0.05, 0.1) is 19.0 Å². The minimum atomic E-state index is -0.258. The summed E-state index contributed by atoms with van der Waals surface area (Å²) in [5.41, 5.74) is 4.09. The van der Waals surface area contributed by atoms with E-state index in [1.54, 1.807) is 7.11 Å². The average Bonchev–Trinajstić information content (AvgIpc) is 3.21. The van der Waals surface area contributed by atoms with Crippen LogP contribution in [0, 0.1) is 0 Å². The predicted molar refractivity (Wildman–Crippen MR) is 120 cm³/mol. The largest absolute Gasteiger partial charge is 0.497 e. The summed E-state index contributed by atoms with van der Waals surface area (Å²) >= 11 is 1.34. The van der Waals surface area contributed by atoms with Crippen molar-refractivity contribution < 1.29 is 9.53 Å². The van der Waals surface area contributed by atoms with E-state index in [1.165, 1.54) is 22.2 Å². The number of anilines is 1. The topological polar surface area (TPSA) is 73.2 Å². The number of nitrogens with zero attached hydrogens (tertiary/aromatic N) is 2. The molecule has 1 N–H and O–H groups in total. The molecule has 0 aliphatic rings. The van der Waals surface area contributed by atoms with Crippen LogP contribution >= 0.6 is 11.3 Å². The van der Waals surface area contributed by atoms with Gasteiger partial charge in [-0.05, 0) is 35.7 Å². The van der Waals surface area contributed by atoms with Gasteiger partial charge in [-0.25, -0.2) is 4.98 Å². The van der Waals surface area contributed by atoms with E-state index in [1.807, 2.05) is 60.8 Å². The highest BCUT2D eigenvalue weighted by atomic mass is 32.1. The van der Waals surface area contributed by atoms with Crippen LogP contribution in [0.5, 0.6) is 5.75 Å². The molecule has 1 amide bonds. The molecule has 0 aliphatic carbocycles. The molecule has 30 heavy (non-hydrogen) atoms. The van der Waals surface area contributed by atoms with Crippen molar-refractivity contribution in [1.29, 1.82) is 0 Å². The summed E-state index contributed by atoms with van der Waals surface area (Å²) < 4.78 is 7.08. The Labute approximate surface area is 177 Å². The number of benzene rings is 2. The van der Waals surface area contributed by atoms with Crippen LogP contribution in [0.15, 0.2) is 65.0 Å². The van der Waals surface area contributed by atoms with Crippen molar-refractivity contribution in [2.45, 2.75) is 19.9 Å². The van der Waals surface area contributed by atoms with E-state index in [9.17, 15) is 9.59 Å². The first kappa shape index (κ1) is 19.8. The number of aromatic nitrogens is 2. The number of thiophene rings is 1. The number of methoxy groups -OCH3 is 1. The van der Waals surface area contributed by atoms with Gasteiger partial charge >= 0.3 is 0 Å². The monoisotopic (exact) mass is 419 g/mol. The van der Waals surface area contributed by atoms with Crippen LogP contribution in [0.4, 0.5) is 5.69 Å². The van der Waals surface area contributed by atoms with E-state index in [2.05, 4.69) is 10.3 Å². The summed E-state index contributed by atoms with van der Waals surface area (Å²) in [6.07, 6.45) is 2.25. The Morgan fingerprint density at radius 2 is 1.93 bits per heavy atom. The summed E-state index contributed by atoms with van der Waals surface area (Å²) in [6.45, 7) is 1.94. The molecule has 0 saturated carbocycles. The SMILES string of the molecule is CCc1ccccc1NC(=O)Cn1cnc2c(-c3ccc(OC)cc3)csc2c1=O. The molecule has 0 saturated heterocycles. The molecule has 2 aromatic heterocycles. The highest BCUT2D eigenvalue weighted by Gasteiger charge is 2.14. The summed E-state index contributed by atoms with van der Waals surface area (Å²) in [7, 11) is 1.62. The third-order valence-electron chi connectivity index (χ3n) is 4.93. The lowest BCUT2D eigenvalue weighted by Gasteiger charge is -2.10. The van der Waals surface area contributed by atoms with E-state index in [0.29, 0.717) is 10.2 Å². The third kappa shape index (κ3) is 3.84. The first-order valence-electron chi connectivity index (χ1n) is 9.59. The highest BCUT2D eigenvalue weighted by Crippen LogP contribution is 2.31. The number of carbonyl (C=O) groups excluding carboxylic acids is 1. The molecule has 0 spiro atoms. The fourth-order valence-electron chi connectivity index (χ4n) is 3.32. The Morgan fingerprint density at radius 3 is 2.67 bits per heavy atom. The van der Waals surface area contributed by atoms with Crippen LogP contribution in [-0.2, 0) is 17.8 Å². The van der Waals surface area contributed by atoms with Gasteiger partial charge < -0.3 is 10.1 Å². The van der Waals surface area contributed by atoms with Crippen molar-refractivity contribution in [3.63, 3.8) is 0 Å². The quantitative estimate of drug-likeness (QED) is 0.505. The van der Waals surface area contributed by atoms with Gasteiger partial charge in [0.1, 0.15) is 17.0 Å². The first-order chi connectivity index (χ1) is 14.6. The third-order valence-corrected chi connectivity index (χ3v) is 5.89. The number of amides is 1.